The maximum absolute atomic E-state index is 13.3. The Labute approximate surface area is 102 Å². The van der Waals surface area contributed by atoms with Crippen LogP contribution in [0.5, 0.6) is 0 Å². The highest BCUT2D eigenvalue weighted by atomic mass is 19.1. The molecule has 2 aromatic rings. The second kappa shape index (κ2) is 4.91. The summed E-state index contributed by atoms with van der Waals surface area (Å²) in [6, 6.07) is 7.09. The number of carboxylic acids is 1. The lowest BCUT2D eigenvalue weighted by atomic mass is 10.0. The molecule has 0 atom stereocenters. The molecule has 1 N–H and O–H groups in total. The second-order valence-electron chi connectivity index (χ2n) is 3.75. The summed E-state index contributed by atoms with van der Waals surface area (Å²) in [7, 11) is 0. The van der Waals surface area contributed by atoms with Gasteiger partial charge in [0.25, 0.3) is 0 Å². The van der Waals surface area contributed by atoms with E-state index in [0.29, 0.717) is 11.1 Å². The lowest BCUT2D eigenvalue weighted by Gasteiger charge is -2.04. The van der Waals surface area contributed by atoms with E-state index in [0.717, 1.165) is 0 Å². The van der Waals surface area contributed by atoms with Gasteiger partial charge in [0.2, 0.25) is 5.95 Å². The largest absolute Gasteiger partial charge is 0.481 e. The van der Waals surface area contributed by atoms with Crippen LogP contribution < -0.4 is 0 Å². The predicted molar refractivity (Wildman–Crippen MR) is 60.9 cm³/mol. The van der Waals surface area contributed by atoms with Crippen LogP contribution in [0.1, 0.15) is 5.56 Å². The van der Waals surface area contributed by atoms with E-state index in [1.807, 2.05) is 0 Å². The molecule has 3 nitrogen and oxygen atoms in total. The van der Waals surface area contributed by atoms with E-state index in [1.54, 1.807) is 6.07 Å². The lowest BCUT2D eigenvalue weighted by Crippen LogP contribution is -2.04. The number of aliphatic carboxylic acids is 1. The molecule has 0 aliphatic heterocycles. The van der Waals surface area contributed by atoms with Crippen molar-refractivity contribution in [3.8, 4) is 11.1 Å². The highest BCUT2D eigenvalue weighted by Crippen LogP contribution is 2.21. The molecule has 0 saturated heterocycles. The zero-order valence-corrected chi connectivity index (χ0v) is 9.23. The highest BCUT2D eigenvalue weighted by molar-refractivity contribution is 5.71. The fourth-order valence-corrected chi connectivity index (χ4v) is 1.61. The topological polar surface area (TPSA) is 50.2 Å². The third kappa shape index (κ3) is 2.68. The molecule has 0 unspecified atom stereocenters. The monoisotopic (exact) mass is 249 g/mol. The van der Waals surface area contributed by atoms with E-state index in [-0.39, 0.29) is 5.56 Å². The van der Waals surface area contributed by atoms with Crippen molar-refractivity contribution in [1.82, 2.24) is 4.98 Å². The average molecular weight is 249 g/mol. The normalized spacial score (nSPS) is 10.3. The number of pyridine rings is 1. The fourth-order valence-electron chi connectivity index (χ4n) is 1.61. The molecule has 1 aromatic carbocycles. The van der Waals surface area contributed by atoms with Gasteiger partial charge in [-0.1, -0.05) is 12.1 Å². The van der Waals surface area contributed by atoms with Gasteiger partial charge in [-0.15, -0.1) is 0 Å². The molecule has 0 bridgehead atoms. The summed E-state index contributed by atoms with van der Waals surface area (Å²) in [5.74, 6) is -2.39. The first-order chi connectivity index (χ1) is 8.56. The van der Waals surface area contributed by atoms with Crippen LogP contribution in [0.2, 0.25) is 0 Å². The van der Waals surface area contributed by atoms with Gasteiger partial charge in [0.05, 0.1) is 6.42 Å². The van der Waals surface area contributed by atoms with Gasteiger partial charge in [-0.2, -0.15) is 4.39 Å². The maximum Gasteiger partial charge on any atom is 0.307 e. The molecule has 5 heteroatoms. The van der Waals surface area contributed by atoms with Gasteiger partial charge in [-0.05, 0) is 23.8 Å². The summed E-state index contributed by atoms with van der Waals surface area (Å²) in [4.78, 5) is 14.1. The Balaban J connectivity index is 2.43. The molecule has 0 saturated carbocycles. The van der Waals surface area contributed by atoms with Crippen molar-refractivity contribution in [2.75, 3.05) is 0 Å². The average Bonchev–Trinajstić information content (AvgIpc) is 2.31. The fraction of sp³-hybridized carbons (Fsp3) is 0.0769. The Hall–Kier alpha value is -2.30. The Morgan fingerprint density at radius 2 is 2.00 bits per heavy atom. The third-order valence-electron chi connectivity index (χ3n) is 2.41. The summed E-state index contributed by atoms with van der Waals surface area (Å²) in [5, 5.41) is 8.64. The number of halogens is 2. The highest BCUT2D eigenvalue weighted by Gasteiger charge is 2.10. The minimum absolute atomic E-state index is 0.0238. The summed E-state index contributed by atoms with van der Waals surface area (Å²) in [5.41, 5.74) is 0.977. The van der Waals surface area contributed by atoms with Gasteiger partial charge in [-0.3, -0.25) is 4.79 Å². The van der Waals surface area contributed by atoms with Crippen molar-refractivity contribution in [3.05, 3.63) is 53.9 Å². The standard InChI is InChI=1S/C13H9F2NO2/c14-11-3-1-2-8(5-11)10-4-9(6-12(17)18)13(15)16-7-10/h1-5,7H,6H2,(H,17,18). The molecule has 2 rings (SSSR count). The number of hydrogen-bond acceptors (Lipinski definition) is 2. The van der Waals surface area contributed by atoms with Crippen molar-refractivity contribution in [1.29, 1.82) is 0 Å². The Kier molecular flexibility index (Phi) is 3.32. The van der Waals surface area contributed by atoms with Crippen molar-refractivity contribution in [2.45, 2.75) is 6.42 Å². The number of rotatable bonds is 3. The van der Waals surface area contributed by atoms with Crippen molar-refractivity contribution < 1.29 is 18.7 Å². The summed E-state index contributed by atoms with van der Waals surface area (Å²) in [6.45, 7) is 0. The van der Waals surface area contributed by atoms with Crippen molar-refractivity contribution >= 4 is 5.97 Å². The minimum Gasteiger partial charge on any atom is -0.481 e. The van der Waals surface area contributed by atoms with Crippen molar-refractivity contribution in [3.63, 3.8) is 0 Å². The zero-order valence-electron chi connectivity index (χ0n) is 9.23. The molecular formula is C13H9F2NO2. The molecular weight excluding hydrogens is 240 g/mol. The molecule has 0 aliphatic carbocycles. The van der Waals surface area contributed by atoms with E-state index in [1.165, 1.54) is 30.5 Å². The molecule has 0 amide bonds. The Morgan fingerprint density at radius 3 is 2.67 bits per heavy atom. The van der Waals surface area contributed by atoms with E-state index >= 15 is 0 Å². The zero-order chi connectivity index (χ0) is 13.1. The third-order valence-corrected chi connectivity index (χ3v) is 2.41. The molecule has 18 heavy (non-hydrogen) atoms. The SMILES string of the molecule is O=C(O)Cc1cc(-c2cccc(F)c2)cnc1F. The Bertz CT molecular complexity index is 599. The van der Waals surface area contributed by atoms with Crippen LogP contribution in [-0.2, 0) is 11.2 Å². The van der Waals surface area contributed by atoms with E-state index < -0.39 is 24.2 Å². The lowest BCUT2D eigenvalue weighted by molar-refractivity contribution is -0.136. The van der Waals surface area contributed by atoms with Gasteiger partial charge in [-0.25, -0.2) is 9.37 Å². The summed E-state index contributed by atoms with van der Waals surface area (Å²) in [6.07, 6.45) is 0.789. The van der Waals surface area contributed by atoms with Gasteiger partial charge < -0.3 is 5.11 Å². The molecule has 0 spiro atoms. The van der Waals surface area contributed by atoms with E-state index in [4.69, 9.17) is 5.11 Å². The number of benzene rings is 1. The smallest absolute Gasteiger partial charge is 0.307 e. The Morgan fingerprint density at radius 1 is 1.22 bits per heavy atom. The van der Waals surface area contributed by atoms with Gasteiger partial charge in [0, 0.05) is 17.3 Å². The maximum atomic E-state index is 13.3. The van der Waals surface area contributed by atoms with Crippen LogP contribution in [0.3, 0.4) is 0 Å². The summed E-state index contributed by atoms with van der Waals surface area (Å²) < 4.78 is 26.3. The number of aromatic nitrogens is 1. The van der Waals surface area contributed by atoms with E-state index in [2.05, 4.69) is 4.98 Å². The molecule has 0 radical (unpaired) electrons. The first-order valence-electron chi connectivity index (χ1n) is 5.18. The predicted octanol–water partition coefficient (Wildman–Crippen LogP) is 2.65. The first-order valence-corrected chi connectivity index (χ1v) is 5.18. The molecule has 1 aromatic heterocycles. The minimum atomic E-state index is -1.15. The second-order valence-corrected chi connectivity index (χ2v) is 3.75. The van der Waals surface area contributed by atoms with E-state index in [9.17, 15) is 13.6 Å². The van der Waals surface area contributed by atoms with Crippen LogP contribution in [0.25, 0.3) is 11.1 Å². The quantitative estimate of drug-likeness (QED) is 0.851. The molecule has 0 aliphatic rings. The number of hydrogen-bond donors (Lipinski definition) is 1. The van der Waals surface area contributed by atoms with Crippen molar-refractivity contribution in [2.24, 2.45) is 0 Å². The van der Waals surface area contributed by atoms with Gasteiger partial charge >= 0.3 is 5.97 Å². The van der Waals surface area contributed by atoms with Gasteiger partial charge in [0.1, 0.15) is 5.82 Å². The molecule has 1 heterocycles. The van der Waals surface area contributed by atoms with Crippen LogP contribution in [0.4, 0.5) is 8.78 Å². The number of carboxylic acid groups (broad SMARTS) is 1. The number of nitrogens with zero attached hydrogens (tertiary/aromatic N) is 1. The summed E-state index contributed by atoms with van der Waals surface area (Å²) >= 11 is 0. The number of carbonyl (C=O) groups is 1. The van der Waals surface area contributed by atoms with Crippen LogP contribution in [0, 0.1) is 11.8 Å². The van der Waals surface area contributed by atoms with Crippen LogP contribution >= 0.6 is 0 Å². The van der Waals surface area contributed by atoms with Crippen LogP contribution in [0.15, 0.2) is 36.5 Å². The van der Waals surface area contributed by atoms with Gasteiger partial charge in [0.15, 0.2) is 0 Å². The first kappa shape index (κ1) is 12.2. The van der Waals surface area contributed by atoms with Crippen LogP contribution in [-0.4, -0.2) is 16.1 Å². The molecule has 0 fully saturated rings. The molecule has 92 valence electrons.